The van der Waals surface area contributed by atoms with Crippen molar-refractivity contribution < 1.29 is 13.9 Å². The topological polar surface area (TPSA) is 50.1 Å². The van der Waals surface area contributed by atoms with Gasteiger partial charge in [-0.3, -0.25) is 4.79 Å². The maximum Gasteiger partial charge on any atom is 0.327 e. The van der Waals surface area contributed by atoms with Crippen molar-refractivity contribution >= 4 is 5.97 Å². The standard InChI is InChI=1S/C22H30FNO2/c1-6-8-9-10-15-22(16-24,20(25)26-21(3,4)5)19(7-2)17-11-13-18(23)14-12-17/h7,11-14,19H,2,6,8-10,15H2,1,3-5H3/t19-,22+/m0/s1. The van der Waals surface area contributed by atoms with Gasteiger partial charge in [-0.1, -0.05) is 50.8 Å². The highest BCUT2D eigenvalue weighted by Gasteiger charge is 2.48. The van der Waals surface area contributed by atoms with Crippen LogP contribution in [0.3, 0.4) is 0 Å². The third-order valence-electron chi connectivity index (χ3n) is 4.38. The molecule has 1 aromatic carbocycles. The number of ether oxygens (including phenoxy) is 1. The highest BCUT2D eigenvalue weighted by molar-refractivity contribution is 5.82. The minimum atomic E-state index is -1.37. The van der Waals surface area contributed by atoms with Crippen LogP contribution in [0.15, 0.2) is 36.9 Å². The number of rotatable bonds is 9. The van der Waals surface area contributed by atoms with Gasteiger partial charge in [-0.25, -0.2) is 4.39 Å². The molecule has 4 heteroatoms. The van der Waals surface area contributed by atoms with E-state index in [0.717, 1.165) is 25.7 Å². The Hall–Kier alpha value is -2.15. The predicted molar refractivity (Wildman–Crippen MR) is 102 cm³/mol. The molecule has 0 aromatic heterocycles. The molecule has 0 heterocycles. The maximum absolute atomic E-state index is 13.3. The Labute approximate surface area is 156 Å². The van der Waals surface area contributed by atoms with Crippen molar-refractivity contribution in [2.45, 2.75) is 71.3 Å². The zero-order valence-corrected chi connectivity index (χ0v) is 16.3. The van der Waals surface area contributed by atoms with Crippen LogP contribution in [-0.2, 0) is 9.53 Å². The first kappa shape index (κ1) is 21.9. The van der Waals surface area contributed by atoms with Crippen LogP contribution in [0.2, 0.25) is 0 Å². The second-order valence-electron chi connectivity index (χ2n) is 7.66. The van der Waals surface area contributed by atoms with Crippen molar-refractivity contribution in [2.75, 3.05) is 0 Å². The number of benzene rings is 1. The molecular formula is C22H30FNO2. The van der Waals surface area contributed by atoms with Gasteiger partial charge < -0.3 is 4.74 Å². The molecule has 0 N–H and O–H groups in total. The molecule has 2 atom stereocenters. The fourth-order valence-electron chi connectivity index (χ4n) is 3.05. The molecule has 3 nitrogen and oxygen atoms in total. The van der Waals surface area contributed by atoms with Gasteiger partial charge in [0.25, 0.3) is 0 Å². The van der Waals surface area contributed by atoms with E-state index >= 15 is 0 Å². The number of allylic oxidation sites excluding steroid dienone is 1. The van der Waals surface area contributed by atoms with E-state index in [1.54, 1.807) is 39.0 Å². The Morgan fingerprint density at radius 3 is 2.35 bits per heavy atom. The number of carbonyl (C=O) groups is 1. The van der Waals surface area contributed by atoms with E-state index in [1.165, 1.54) is 12.1 Å². The summed E-state index contributed by atoms with van der Waals surface area (Å²) in [5.41, 5.74) is -1.39. The molecule has 26 heavy (non-hydrogen) atoms. The zero-order chi connectivity index (χ0) is 19.8. The molecule has 0 fully saturated rings. The van der Waals surface area contributed by atoms with Gasteiger partial charge in [-0.15, -0.1) is 6.58 Å². The van der Waals surface area contributed by atoms with Crippen LogP contribution in [0.1, 0.15) is 71.3 Å². The molecule has 1 aromatic rings. The highest BCUT2D eigenvalue weighted by Crippen LogP contribution is 2.43. The molecule has 0 unspecified atom stereocenters. The SMILES string of the molecule is C=C[C@@H](c1ccc(F)cc1)[C@](C#N)(CCCCCC)C(=O)OC(C)(C)C. The van der Waals surface area contributed by atoms with Crippen LogP contribution in [0.25, 0.3) is 0 Å². The first-order chi connectivity index (χ1) is 12.2. The van der Waals surface area contributed by atoms with E-state index in [1.807, 2.05) is 0 Å². The molecule has 1 rings (SSSR count). The highest BCUT2D eigenvalue weighted by atomic mass is 19.1. The Kier molecular flexibility index (Phi) is 8.02. The monoisotopic (exact) mass is 359 g/mol. The van der Waals surface area contributed by atoms with Gasteiger partial charge in [0, 0.05) is 5.92 Å². The van der Waals surface area contributed by atoms with Crippen molar-refractivity contribution in [3.63, 3.8) is 0 Å². The molecule has 0 aliphatic heterocycles. The summed E-state index contributed by atoms with van der Waals surface area (Å²) in [5, 5.41) is 10.0. The lowest BCUT2D eigenvalue weighted by molar-refractivity contribution is -0.165. The first-order valence-corrected chi connectivity index (χ1v) is 9.23. The minimum absolute atomic E-state index is 0.362. The number of halogens is 1. The summed E-state index contributed by atoms with van der Waals surface area (Å²) in [6.45, 7) is 11.3. The predicted octanol–water partition coefficient (Wildman–Crippen LogP) is 5.92. The van der Waals surface area contributed by atoms with Crippen LogP contribution in [0.5, 0.6) is 0 Å². The van der Waals surface area contributed by atoms with Gasteiger partial charge in [0.05, 0.1) is 6.07 Å². The van der Waals surface area contributed by atoms with Crippen LogP contribution in [0.4, 0.5) is 4.39 Å². The molecule has 0 saturated carbocycles. The fraction of sp³-hybridized carbons (Fsp3) is 0.545. The van der Waals surface area contributed by atoms with Gasteiger partial charge in [-0.2, -0.15) is 5.26 Å². The van der Waals surface area contributed by atoms with E-state index in [2.05, 4.69) is 19.6 Å². The quantitative estimate of drug-likeness (QED) is 0.312. The van der Waals surface area contributed by atoms with Gasteiger partial charge in [0.2, 0.25) is 0 Å². The molecular weight excluding hydrogens is 329 g/mol. The third kappa shape index (κ3) is 5.69. The number of hydrogen-bond acceptors (Lipinski definition) is 3. The van der Waals surface area contributed by atoms with E-state index in [4.69, 9.17) is 4.74 Å². The lowest BCUT2D eigenvalue weighted by Crippen LogP contribution is -2.41. The zero-order valence-electron chi connectivity index (χ0n) is 16.3. The Bertz CT molecular complexity index is 640. The van der Waals surface area contributed by atoms with E-state index in [0.29, 0.717) is 12.0 Å². The van der Waals surface area contributed by atoms with Crippen molar-refractivity contribution in [1.29, 1.82) is 5.26 Å². The molecule has 0 radical (unpaired) electrons. The summed E-state index contributed by atoms with van der Waals surface area (Å²) in [6, 6.07) is 8.11. The summed E-state index contributed by atoms with van der Waals surface area (Å²) in [6.07, 6.45) is 5.77. The average molecular weight is 359 g/mol. The van der Waals surface area contributed by atoms with Gasteiger partial charge in [-0.05, 0) is 44.9 Å². The third-order valence-corrected chi connectivity index (χ3v) is 4.38. The smallest absolute Gasteiger partial charge is 0.327 e. The Balaban J connectivity index is 3.29. The number of carbonyl (C=O) groups excluding carboxylic acids is 1. The number of unbranched alkanes of at least 4 members (excludes halogenated alkanes) is 3. The van der Waals surface area contributed by atoms with Gasteiger partial charge >= 0.3 is 5.97 Å². The van der Waals surface area contributed by atoms with E-state index in [9.17, 15) is 14.4 Å². The lowest BCUT2D eigenvalue weighted by Gasteiger charge is -2.34. The number of nitrogens with zero attached hydrogens (tertiary/aromatic N) is 1. The largest absolute Gasteiger partial charge is 0.459 e. The number of hydrogen-bond donors (Lipinski definition) is 0. The van der Waals surface area contributed by atoms with Gasteiger partial charge in [0.1, 0.15) is 11.4 Å². The maximum atomic E-state index is 13.3. The normalized spacial score (nSPS) is 14.8. The van der Waals surface area contributed by atoms with Crippen molar-refractivity contribution in [3.05, 3.63) is 48.3 Å². The molecule has 0 spiro atoms. The first-order valence-electron chi connectivity index (χ1n) is 9.23. The van der Waals surface area contributed by atoms with Crippen LogP contribution >= 0.6 is 0 Å². The minimum Gasteiger partial charge on any atom is -0.459 e. The fourth-order valence-corrected chi connectivity index (χ4v) is 3.05. The number of esters is 1. The second-order valence-corrected chi connectivity index (χ2v) is 7.66. The summed E-state index contributed by atoms with van der Waals surface area (Å²) >= 11 is 0. The van der Waals surface area contributed by atoms with Crippen LogP contribution < -0.4 is 0 Å². The Morgan fingerprint density at radius 2 is 1.88 bits per heavy atom. The van der Waals surface area contributed by atoms with Crippen LogP contribution in [-0.4, -0.2) is 11.6 Å². The molecule has 0 saturated heterocycles. The van der Waals surface area contributed by atoms with Crippen molar-refractivity contribution in [2.24, 2.45) is 5.41 Å². The average Bonchev–Trinajstić information content (AvgIpc) is 2.57. The number of nitriles is 1. The molecule has 0 aliphatic carbocycles. The van der Waals surface area contributed by atoms with E-state index in [-0.39, 0.29) is 5.82 Å². The Morgan fingerprint density at radius 1 is 1.27 bits per heavy atom. The summed E-state index contributed by atoms with van der Waals surface area (Å²) in [7, 11) is 0. The van der Waals surface area contributed by atoms with E-state index < -0.39 is 22.9 Å². The molecule has 0 aliphatic rings. The summed E-state index contributed by atoms with van der Waals surface area (Å²) < 4.78 is 18.9. The molecule has 0 amide bonds. The van der Waals surface area contributed by atoms with Crippen molar-refractivity contribution in [3.8, 4) is 6.07 Å². The van der Waals surface area contributed by atoms with Crippen LogP contribution in [0, 0.1) is 22.6 Å². The van der Waals surface area contributed by atoms with Crippen molar-refractivity contribution in [1.82, 2.24) is 0 Å². The van der Waals surface area contributed by atoms with Gasteiger partial charge in [0.15, 0.2) is 5.41 Å². The summed E-state index contributed by atoms with van der Waals surface area (Å²) in [5.74, 6) is -1.47. The second kappa shape index (κ2) is 9.52. The molecule has 142 valence electrons. The molecule has 0 bridgehead atoms. The lowest BCUT2D eigenvalue weighted by atomic mass is 9.69. The summed E-state index contributed by atoms with van der Waals surface area (Å²) in [4.78, 5) is 13.0.